The Morgan fingerprint density at radius 3 is 2.52 bits per heavy atom. The number of aromatic nitrogens is 1. The van der Waals surface area contributed by atoms with Crippen LogP contribution < -0.4 is 9.54 Å². The molecule has 27 heavy (non-hydrogen) atoms. The molecule has 0 atom stereocenters. The zero-order valence-electron chi connectivity index (χ0n) is 14.1. The molecule has 1 amide bonds. The lowest BCUT2D eigenvalue weighted by atomic mass is 10.3. The molecule has 1 heterocycles. The summed E-state index contributed by atoms with van der Waals surface area (Å²) in [6.45, 7) is -0.542. The van der Waals surface area contributed by atoms with Gasteiger partial charge in [-0.05, 0) is 42.5 Å². The van der Waals surface area contributed by atoms with Crippen molar-refractivity contribution in [2.45, 2.75) is 6.54 Å². The molecule has 6 nitrogen and oxygen atoms in total. The van der Waals surface area contributed by atoms with Gasteiger partial charge in [0.05, 0.1) is 17.3 Å². The highest BCUT2D eigenvalue weighted by Crippen LogP contribution is 2.19. The largest absolute Gasteiger partial charge is 0.484 e. The van der Waals surface area contributed by atoms with E-state index in [1.165, 1.54) is 54.1 Å². The van der Waals surface area contributed by atoms with Gasteiger partial charge in [0.15, 0.2) is 11.4 Å². The summed E-state index contributed by atoms with van der Waals surface area (Å²) in [6.07, 6.45) is 0. The van der Waals surface area contributed by atoms with Crippen molar-refractivity contribution in [2.75, 3.05) is 13.7 Å². The van der Waals surface area contributed by atoms with Gasteiger partial charge < -0.3 is 14.0 Å². The van der Waals surface area contributed by atoms with Crippen molar-refractivity contribution in [3.05, 3.63) is 58.9 Å². The van der Waals surface area contributed by atoms with Crippen LogP contribution in [-0.2, 0) is 20.9 Å². The lowest BCUT2D eigenvalue weighted by molar-refractivity contribution is -0.141. The molecule has 0 radical (unpaired) electrons. The molecule has 0 aliphatic rings. The monoisotopic (exact) mass is 392 g/mol. The summed E-state index contributed by atoms with van der Waals surface area (Å²) in [5, 5.41) is 0. The van der Waals surface area contributed by atoms with E-state index in [0.717, 1.165) is 11.3 Å². The molecular formula is C18H14F2N2O4S. The summed E-state index contributed by atoms with van der Waals surface area (Å²) < 4.78 is 38.3. The second kappa shape index (κ2) is 8.09. The minimum atomic E-state index is -0.607. The Morgan fingerprint density at radius 2 is 1.81 bits per heavy atom. The van der Waals surface area contributed by atoms with E-state index in [4.69, 9.17) is 4.74 Å². The quantitative estimate of drug-likeness (QED) is 0.626. The number of fused-ring (bicyclic) bond motifs is 1. The van der Waals surface area contributed by atoms with Gasteiger partial charge in [0.1, 0.15) is 23.9 Å². The third kappa shape index (κ3) is 4.56. The number of rotatable bonds is 5. The molecule has 3 rings (SSSR count). The Labute approximate surface area is 156 Å². The Hall–Kier alpha value is -3.07. The smallest absolute Gasteiger partial charge is 0.325 e. The number of nitrogens with zero attached hydrogens (tertiary/aromatic N) is 2. The third-order valence-corrected chi connectivity index (χ3v) is 4.60. The van der Waals surface area contributed by atoms with Crippen LogP contribution in [0.3, 0.4) is 0 Å². The van der Waals surface area contributed by atoms with Crippen LogP contribution in [0.15, 0.2) is 47.5 Å². The standard InChI is InChI=1S/C18H14F2N2O4S/c1-25-17(24)9-22-14-7-4-12(20)8-15(14)27-18(22)21-16(23)10-26-13-5-2-11(19)3-6-13/h2-8H,9-10H2,1H3. The molecule has 0 spiro atoms. The SMILES string of the molecule is COC(=O)Cn1c(=NC(=O)COc2ccc(F)cc2)sc2cc(F)ccc21. The van der Waals surface area contributed by atoms with E-state index in [-0.39, 0.29) is 18.0 Å². The first kappa shape index (κ1) is 18.7. The van der Waals surface area contributed by atoms with Crippen LogP contribution in [0.5, 0.6) is 5.75 Å². The molecule has 0 aliphatic carbocycles. The molecule has 0 saturated heterocycles. The molecular weight excluding hydrogens is 378 g/mol. The maximum atomic E-state index is 13.5. The maximum Gasteiger partial charge on any atom is 0.325 e. The minimum Gasteiger partial charge on any atom is -0.484 e. The van der Waals surface area contributed by atoms with Crippen molar-refractivity contribution in [1.29, 1.82) is 0 Å². The molecule has 140 valence electrons. The van der Waals surface area contributed by atoms with Crippen LogP contribution in [0.2, 0.25) is 0 Å². The summed E-state index contributed by atoms with van der Waals surface area (Å²) in [7, 11) is 1.25. The fourth-order valence-corrected chi connectivity index (χ4v) is 3.37. The van der Waals surface area contributed by atoms with E-state index < -0.39 is 23.5 Å². The van der Waals surface area contributed by atoms with Gasteiger partial charge >= 0.3 is 5.97 Å². The zero-order valence-corrected chi connectivity index (χ0v) is 15.0. The fraction of sp³-hybridized carbons (Fsp3) is 0.167. The lowest BCUT2D eigenvalue weighted by Crippen LogP contribution is -2.23. The first-order valence-corrected chi connectivity index (χ1v) is 8.59. The van der Waals surface area contributed by atoms with E-state index in [2.05, 4.69) is 9.73 Å². The summed E-state index contributed by atoms with van der Waals surface area (Å²) in [5.41, 5.74) is 0.554. The van der Waals surface area contributed by atoms with Crippen LogP contribution in [-0.4, -0.2) is 30.2 Å². The number of hydrogen-bond acceptors (Lipinski definition) is 5. The summed E-state index contributed by atoms with van der Waals surface area (Å²) in [4.78, 5) is 28.0. The molecule has 0 fully saturated rings. The predicted molar refractivity (Wildman–Crippen MR) is 94.3 cm³/mol. The van der Waals surface area contributed by atoms with Crippen molar-refractivity contribution in [2.24, 2.45) is 4.99 Å². The van der Waals surface area contributed by atoms with Crippen LogP contribution in [0.25, 0.3) is 10.2 Å². The van der Waals surface area contributed by atoms with Crippen LogP contribution >= 0.6 is 11.3 Å². The van der Waals surface area contributed by atoms with Gasteiger partial charge in [-0.3, -0.25) is 9.59 Å². The molecule has 0 unspecified atom stereocenters. The first-order valence-electron chi connectivity index (χ1n) is 7.78. The third-order valence-electron chi connectivity index (χ3n) is 3.56. The van der Waals surface area contributed by atoms with Crippen molar-refractivity contribution in [3.8, 4) is 5.75 Å². The number of thiazole rings is 1. The topological polar surface area (TPSA) is 69.9 Å². The van der Waals surface area contributed by atoms with Gasteiger partial charge in [-0.1, -0.05) is 11.3 Å². The molecule has 3 aromatic rings. The van der Waals surface area contributed by atoms with Gasteiger partial charge in [-0.15, -0.1) is 0 Å². The van der Waals surface area contributed by atoms with E-state index in [1.807, 2.05) is 0 Å². The van der Waals surface area contributed by atoms with Gasteiger partial charge in [0, 0.05) is 0 Å². The Kier molecular flexibility index (Phi) is 5.60. The number of carbonyl (C=O) groups excluding carboxylic acids is 2. The number of methoxy groups -OCH3 is 1. The number of carbonyl (C=O) groups is 2. The van der Waals surface area contributed by atoms with Crippen LogP contribution in [0, 0.1) is 11.6 Å². The van der Waals surface area contributed by atoms with Gasteiger partial charge in [-0.25, -0.2) is 8.78 Å². The number of benzene rings is 2. The normalized spacial score (nSPS) is 11.6. The number of amides is 1. The zero-order chi connectivity index (χ0) is 19.4. The molecule has 0 N–H and O–H groups in total. The summed E-state index contributed by atoms with van der Waals surface area (Å²) in [5.74, 6) is -1.67. The molecule has 0 aliphatic heterocycles. The average Bonchev–Trinajstić information content (AvgIpc) is 2.97. The molecule has 2 aromatic carbocycles. The Morgan fingerprint density at radius 1 is 1.11 bits per heavy atom. The van der Waals surface area contributed by atoms with Gasteiger partial charge in [0.25, 0.3) is 5.91 Å². The van der Waals surface area contributed by atoms with Crippen LogP contribution in [0.4, 0.5) is 8.78 Å². The lowest BCUT2D eigenvalue weighted by Gasteiger charge is -2.04. The summed E-state index contributed by atoms with van der Waals surface area (Å²) in [6, 6.07) is 9.26. The highest BCUT2D eigenvalue weighted by molar-refractivity contribution is 7.16. The predicted octanol–water partition coefficient (Wildman–Crippen LogP) is 2.66. The maximum absolute atomic E-state index is 13.5. The minimum absolute atomic E-state index is 0.174. The van der Waals surface area contributed by atoms with E-state index in [9.17, 15) is 18.4 Å². The second-order valence-electron chi connectivity index (χ2n) is 5.41. The second-order valence-corrected chi connectivity index (χ2v) is 6.42. The van der Waals surface area contributed by atoms with E-state index >= 15 is 0 Å². The fourth-order valence-electron chi connectivity index (χ4n) is 2.29. The van der Waals surface area contributed by atoms with Gasteiger partial charge in [0.2, 0.25) is 0 Å². The van der Waals surface area contributed by atoms with Crippen molar-refractivity contribution < 1.29 is 27.8 Å². The number of esters is 1. The summed E-state index contributed by atoms with van der Waals surface area (Å²) >= 11 is 1.07. The number of halogens is 2. The molecule has 1 aromatic heterocycles. The molecule has 9 heteroatoms. The van der Waals surface area contributed by atoms with Crippen molar-refractivity contribution >= 4 is 33.4 Å². The number of ether oxygens (including phenoxy) is 2. The number of hydrogen-bond donors (Lipinski definition) is 0. The van der Waals surface area contributed by atoms with E-state index in [0.29, 0.717) is 16.0 Å². The van der Waals surface area contributed by atoms with Gasteiger partial charge in [-0.2, -0.15) is 4.99 Å². The highest BCUT2D eigenvalue weighted by atomic mass is 32.1. The van der Waals surface area contributed by atoms with Crippen molar-refractivity contribution in [3.63, 3.8) is 0 Å². The highest BCUT2D eigenvalue weighted by Gasteiger charge is 2.12. The van der Waals surface area contributed by atoms with Crippen LogP contribution in [0.1, 0.15) is 0 Å². The van der Waals surface area contributed by atoms with Crippen molar-refractivity contribution in [1.82, 2.24) is 4.57 Å². The average molecular weight is 392 g/mol. The Bertz CT molecular complexity index is 1060. The van der Waals surface area contributed by atoms with E-state index in [1.54, 1.807) is 0 Å². The Balaban J connectivity index is 1.88. The molecule has 0 bridgehead atoms. The molecule has 0 saturated carbocycles. The first-order chi connectivity index (χ1) is 13.0.